The Morgan fingerprint density at radius 3 is 2.76 bits per heavy atom. The Labute approximate surface area is 121 Å². The van der Waals surface area contributed by atoms with Gasteiger partial charge in [0.25, 0.3) is 0 Å². The molecule has 4 nitrogen and oxygen atoms in total. The van der Waals surface area contributed by atoms with E-state index in [9.17, 15) is 13.9 Å². The van der Waals surface area contributed by atoms with Crippen molar-refractivity contribution in [1.29, 1.82) is 0 Å². The number of benzene rings is 1. The predicted octanol–water partition coefficient (Wildman–Crippen LogP) is 3.41. The second-order valence-corrected chi connectivity index (χ2v) is 4.59. The molecule has 0 spiro atoms. The van der Waals surface area contributed by atoms with Gasteiger partial charge in [0.05, 0.1) is 19.5 Å². The van der Waals surface area contributed by atoms with E-state index in [4.69, 9.17) is 9.47 Å². The number of halogens is 2. The maximum atomic E-state index is 12.3. The van der Waals surface area contributed by atoms with E-state index >= 15 is 0 Å². The summed E-state index contributed by atoms with van der Waals surface area (Å²) in [5, 5.41) is 10.3. The van der Waals surface area contributed by atoms with Crippen molar-refractivity contribution in [2.24, 2.45) is 0 Å². The Hall–Kier alpha value is -1.82. The SMILES string of the molecule is CCOc1cc(C(O)C2=COCCC2)ccc1OC(F)F. The monoisotopic (exact) mass is 300 g/mol. The molecule has 1 aromatic carbocycles. The summed E-state index contributed by atoms with van der Waals surface area (Å²) < 4.78 is 39.6. The molecule has 0 radical (unpaired) electrons. The fourth-order valence-corrected chi connectivity index (χ4v) is 2.16. The van der Waals surface area contributed by atoms with Crippen molar-refractivity contribution >= 4 is 0 Å². The highest BCUT2D eigenvalue weighted by atomic mass is 19.3. The lowest BCUT2D eigenvalue weighted by Crippen LogP contribution is -2.09. The Kier molecular flexibility index (Phi) is 5.38. The van der Waals surface area contributed by atoms with Crippen LogP contribution in [-0.4, -0.2) is 24.9 Å². The number of rotatable bonds is 6. The van der Waals surface area contributed by atoms with Gasteiger partial charge in [0, 0.05) is 0 Å². The Morgan fingerprint density at radius 1 is 1.33 bits per heavy atom. The number of alkyl halides is 2. The molecule has 1 aromatic rings. The summed E-state index contributed by atoms with van der Waals surface area (Å²) >= 11 is 0. The molecule has 0 aliphatic carbocycles. The summed E-state index contributed by atoms with van der Waals surface area (Å²) in [6, 6.07) is 4.43. The lowest BCUT2D eigenvalue weighted by molar-refractivity contribution is -0.0514. The van der Waals surface area contributed by atoms with Gasteiger partial charge in [0.15, 0.2) is 11.5 Å². The van der Waals surface area contributed by atoms with E-state index in [2.05, 4.69) is 4.74 Å². The number of ether oxygens (including phenoxy) is 3. The van der Waals surface area contributed by atoms with Gasteiger partial charge >= 0.3 is 6.61 Å². The zero-order valence-electron chi connectivity index (χ0n) is 11.7. The molecule has 1 aliphatic rings. The van der Waals surface area contributed by atoms with E-state index in [-0.39, 0.29) is 11.5 Å². The second-order valence-electron chi connectivity index (χ2n) is 4.59. The molecule has 0 saturated carbocycles. The van der Waals surface area contributed by atoms with Crippen LogP contribution in [0, 0.1) is 0 Å². The van der Waals surface area contributed by atoms with Crippen LogP contribution in [0.25, 0.3) is 0 Å². The standard InChI is InChI=1S/C15H18F2O4/c1-2-20-13-8-10(5-6-12(13)21-15(16)17)14(18)11-4-3-7-19-9-11/h5-6,8-9,14-15,18H,2-4,7H2,1H3. The number of hydrogen-bond donors (Lipinski definition) is 1. The van der Waals surface area contributed by atoms with E-state index in [1.54, 1.807) is 19.3 Å². The van der Waals surface area contributed by atoms with Crippen molar-refractivity contribution in [3.8, 4) is 11.5 Å². The maximum Gasteiger partial charge on any atom is 0.387 e. The summed E-state index contributed by atoms with van der Waals surface area (Å²) in [6.45, 7) is -0.228. The molecule has 0 saturated heterocycles. The first-order chi connectivity index (χ1) is 10.1. The quantitative estimate of drug-likeness (QED) is 0.874. The van der Waals surface area contributed by atoms with E-state index in [1.165, 1.54) is 12.1 Å². The molecule has 1 unspecified atom stereocenters. The van der Waals surface area contributed by atoms with Crippen LogP contribution in [0.4, 0.5) is 8.78 Å². The molecule has 116 valence electrons. The smallest absolute Gasteiger partial charge is 0.387 e. The van der Waals surface area contributed by atoms with Crippen LogP contribution in [-0.2, 0) is 4.74 Å². The topological polar surface area (TPSA) is 47.9 Å². The van der Waals surface area contributed by atoms with Crippen LogP contribution in [0.15, 0.2) is 30.0 Å². The normalized spacial score (nSPS) is 16.1. The third-order valence-electron chi connectivity index (χ3n) is 3.11. The van der Waals surface area contributed by atoms with Gasteiger partial charge in [-0.05, 0) is 43.0 Å². The van der Waals surface area contributed by atoms with Gasteiger partial charge < -0.3 is 19.3 Å². The molecule has 0 bridgehead atoms. The summed E-state index contributed by atoms with van der Waals surface area (Å²) in [5.41, 5.74) is 1.31. The molecule has 1 N–H and O–H groups in total. The van der Waals surface area contributed by atoms with Crippen LogP contribution in [0.2, 0.25) is 0 Å². The van der Waals surface area contributed by atoms with Crippen LogP contribution in [0.1, 0.15) is 31.4 Å². The van der Waals surface area contributed by atoms with Crippen LogP contribution in [0.5, 0.6) is 11.5 Å². The van der Waals surface area contributed by atoms with Crippen molar-refractivity contribution in [2.75, 3.05) is 13.2 Å². The molecule has 1 heterocycles. The minimum atomic E-state index is -2.92. The number of hydrogen-bond acceptors (Lipinski definition) is 4. The zero-order valence-corrected chi connectivity index (χ0v) is 11.7. The highest BCUT2D eigenvalue weighted by molar-refractivity contribution is 5.45. The lowest BCUT2D eigenvalue weighted by atomic mass is 9.98. The van der Waals surface area contributed by atoms with Crippen LogP contribution >= 0.6 is 0 Å². The van der Waals surface area contributed by atoms with Crippen LogP contribution in [0.3, 0.4) is 0 Å². The number of aliphatic hydroxyl groups excluding tert-OH is 1. The van der Waals surface area contributed by atoms with Gasteiger partial charge in [-0.1, -0.05) is 6.07 Å². The predicted molar refractivity (Wildman–Crippen MR) is 72.5 cm³/mol. The zero-order chi connectivity index (χ0) is 15.2. The maximum absolute atomic E-state index is 12.3. The van der Waals surface area contributed by atoms with Crippen molar-refractivity contribution < 1.29 is 28.1 Å². The molecular formula is C15H18F2O4. The molecule has 1 atom stereocenters. The molecule has 2 rings (SSSR count). The average molecular weight is 300 g/mol. The Balaban J connectivity index is 2.23. The molecule has 0 aromatic heterocycles. The minimum absolute atomic E-state index is 0.0447. The highest BCUT2D eigenvalue weighted by Gasteiger charge is 2.19. The first-order valence-electron chi connectivity index (χ1n) is 6.82. The molecular weight excluding hydrogens is 282 g/mol. The summed E-state index contributed by atoms with van der Waals surface area (Å²) in [4.78, 5) is 0. The van der Waals surface area contributed by atoms with Crippen molar-refractivity contribution in [3.63, 3.8) is 0 Å². The van der Waals surface area contributed by atoms with Crippen molar-refractivity contribution in [1.82, 2.24) is 0 Å². The Morgan fingerprint density at radius 2 is 2.14 bits per heavy atom. The Bertz CT molecular complexity index is 502. The van der Waals surface area contributed by atoms with E-state index in [0.29, 0.717) is 18.8 Å². The van der Waals surface area contributed by atoms with Crippen molar-refractivity contribution in [2.45, 2.75) is 32.5 Å². The van der Waals surface area contributed by atoms with Gasteiger partial charge in [0.2, 0.25) is 0 Å². The number of aliphatic hydroxyl groups is 1. The first-order valence-corrected chi connectivity index (χ1v) is 6.82. The fourth-order valence-electron chi connectivity index (χ4n) is 2.16. The van der Waals surface area contributed by atoms with Gasteiger partial charge in [-0.2, -0.15) is 8.78 Å². The average Bonchev–Trinajstić information content (AvgIpc) is 2.49. The second kappa shape index (κ2) is 7.26. The molecule has 0 amide bonds. The molecule has 6 heteroatoms. The van der Waals surface area contributed by atoms with E-state index in [0.717, 1.165) is 18.4 Å². The molecule has 1 aliphatic heterocycles. The third-order valence-corrected chi connectivity index (χ3v) is 3.11. The summed E-state index contributed by atoms with van der Waals surface area (Å²) in [7, 11) is 0. The van der Waals surface area contributed by atoms with Gasteiger partial charge in [-0.15, -0.1) is 0 Å². The first kappa shape index (κ1) is 15.6. The van der Waals surface area contributed by atoms with Crippen LogP contribution < -0.4 is 9.47 Å². The van der Waals surface area contributed by atoms with E-state index in [1.807, 2.05) is 0 Å². The highest BCUT2D eigenvalue weighted by Crippen LogP contribution is 2.35. The minimum Gasteiger partial charge on any atom is -0.501 e. The summed E-state index contributed by atoms with van der Waals surface area (Å²) in [5.74, 6) is 0.142. The lowest BCUT2D eigenvalue weighted by Gasteiger charge is -2.20. The third kappa shape index (κ3) is 4.07. The van der Waals surface area contributed by atoms with Crippen molar-refractivity contribution in [3.05, 3.63) is 35.6 Å². The van der Waals surface area contributed by atoms with Gasteiger partial charge in [-0.3, -0.25) is 0 Å². The van der Waals surface area contributed by atoms with E-state index < -0.39 is 12.7 Å². The molecule has 21 heavy (non-hydrogen) atoms. The molecule has 0 fully saturated rings. The largest absolute Gasteiger partial charge is 0.501 e. The fraction of sp³-hybridized carbons (Fsp3) is 0.467. The van der Waals surface area contributed by atoms with Gasteiger partial charge in [0.1, 0.15) is 6.10 Å². The van der Waals surface area contributed by atoms with Gasteiger partial charge in [-0.25, -0.2) is 0 Å². The summed E-state index contributed by atoms with van der Waals surface area (Å²) in [6.07, 6.45) is 2.29.